The molecule has 2 aromatic carbocycles. The number of sulfonamides is 1. The molecule has 9 heteroatoms. The molecule has 0 bridgehead atoms. The average molecular weight is 456 g/mol. The van der Waals surface area contributed by atoms with Crippen molar-refractivity contribution in [1.82, 2.24) is 14.2 Å². The van der Waals surface area contributed by atoms with Crippen molar-refractivity contribution in [3.05, 3.63) is 78.2 Å². The number of hydrogen-bond donors (Lipinski definition) is 0. The molecule has 0 aliphatic carbocycles. The first-order valence-corrected chi connectivity index (χ1v) is 11.9. The van der Waals surface area contributed by atoms with E-state index < -0.39 is 10.0 Å². The van der Waals surface area contributed by atoms with Crippen LogP contribution in [-0.4, -0.2) is 60.9 Å². The zero-order valence-corrected chi connectivity index (χ0v) is 18.3. The first-order valence-electron chi connectivity index (χ1n) is 10.0. The van der Waals surface area contributed by atoms with Gasteiger partial charge in [-0.05, 0) is 60.7 Å². The second-order valence-electron chi connectivity index (χ2n) is 7.44. The lowest BCUT2D eigenvalue weighted by Crippen LogP contribution is -2.50. The number of rotatable bonds is 5. The minimum Gasteiger partial charge on any atom is -0.457 e. The number of halogens is 1. The van der Waals surface area contributed by atoms with E-state index in [2.05, 4.69) is 4.98 Å². The molecule has 1 saturated heterocycles. The Hall–Kier alpha value is -3.30. The maximum atomic E-state index is 13.0. The third-order valence-corrected chi connectivity index (χ3v) is 6.47. The highest BCUT2D eigenvalue weighted by Crippen LogP contribution is 2.25. The van der Waals surface area contributed by atoms with Gasteiger partial charge < -0.3 is 9.64 Å². The van der Waals surface area contributed by atoms with Crippen LogP contribution in [0.1, 0.15) is 10.5 Å². The third kappa shape index (κ3) is 5.12. The summed E-state index contributed by atoms with van der Waals surface area (Å²) in [6.45, 7) is 1.21. The molecule has 0 radical (unpaired) electrons. The molecule has 0 unspecified atom stereocenters. The highest BCUT2D eigenvalue weighted by molar-refractivity contribution is 7.88. The number of aromatic nitrogens is 1. The Labute approximate surface area is 186 Å². The largest absolute Gasteiger partial charge is 0.457 e. The van der Waals surface area contributed by atoms with E-state index in [-0.39, 0.29) is 24.8 Å². The molecule has 1 aromatic heterocycles. The number of ether oxygens (including phenoxy) is 1. The Kier molecular flexibility index (Phi) is 6.20. The summed E-state index contributed by atoms with van der Waals surface area (Å²) in [5.41, 5.74) is 1.76. The molecule has 2 heterocycles. The topological polar surface area (TPSA) is 79.8 Å². The smallest absolute Gasteiger partial charge is 0.272 e. The molecule has 7 nitrogen and oxygen atoms in total. The number of nitrogens with zero attached hydrogens (tertiary/aromatic N) is 3. The van der Waals surface area contributed by atoms with Crippen LogP contribution in [0.2, 0.25) is 0 Å². The number of carbonyl (C=O) groups excluding carboxylic acids is 1. The number of carbonyl (C=O) groups is 1. The van der Waals surface area contributed by atoms with Crippen molar-refractivity contribution in [2.24, 2.45) is 0 Å². The number of pyridine rings is 1. The van der Waals surface area contributed by atoms with Crippen LogP contribution in [0.5, 0.6) is 11.5 Å². The second kappa shape index (κ2) is 9.05. The lowest BCUT2D eigenvalue weighted by atomic mass is 10.1. The fourth-order valence-electron chi connectivity index (χ4n) is 3.43. The van der Waals surface area contributed by atoms with E-state index in [0.29, 0.717) is 36.0 Å². The van der Waals surface area contributed by atoms with Gasteiger partial charge in [-0.25, -0.2) is 17.8 Å². The van der Waals surface area contributed by atoms with Gasteiger partial charge in [0.25, 0.3) is 5.91 Å². The molecule has 0 atom stereocenters. The SMILES string of the molecule is CS(=O)(=O)N1CCN(C(=O)c2cccc(-c3ccc(Oc4ccc(F)cc4)cc3)n2)CC1. The highest BCUT2D eigenvalue weighted by Gasteiger charge is 2.27. The number of benzene rings is 2. The lowest BCUT2D eigenvalue weighted by Gasteiger charge is -2.33. The first-order chi connectivity index (χ1) is 15.3. The normalized spacial score (nSPS) is 14.9. The van der Waals surface area contributed by atoms with Gasteiger partial charge >= 0.3 is 0 Å². The van der Waals surface area contributed by atoms with E-state index in [0.717, 1.165) is 5.56 Å². The zero-order chi connectivity index (χ0) is 22.7. The van der Waals surface area contributed by atoms with Crippen molar-refractivity contribution in [3.8, 4) is 22.8 Å². The van der Waals surface area contributed by atoms with Crippen molar-refractivity contribution >= 4 is 15.9 Å². The fraction of sp³-hybridized carbons (Fsp3) is 0.217. The number of hydrogen-bond acceptors (Lipinski definition) is 5. The molecule has 1 fully saturated rings. The molecule has 0 N–H and O–H groups in total. The molecule has 1 amide bonds. The molecule has 0 saturated carbocycles. The van der Waals surface area contributed by atoms with Crippen LogP contribution < -0.4 is 4.74 Å². The predicted molar refractivity (Wildman–Crippen MR) is 118 cm³/mol. The van der Waals surface area contributed by atoms with E-state index in [1.165, 1.54) is 22.7 Å². The standard InChI is InChI=1S/C23H22FN3O4S/c1-32(29,30)27-15-13-26(14-16-27)23(28)22-4-2-3-21(25-22)17-5-9-19(10-6-17)31-20-11-7-18(24)8-12-20/h2-12H,13-16H2,1H3. The molecule has 166 valence electrons. The van der Waals surface area contributed by atoms with Gasteiger partial charge in [-0.15, -0.1) is 0 Å². The summed E-state index contributed by atoms with van der Waals surface area (Å²) in [4.78, 5) is 19.0. The lowest BCUT2D eigenvalue weighted by molar-refractivity contribution is 0.0692. The molecule has 3 aromatic rings. The monoisotopic (exact) mass is 455 g/mol. The van der Waals surface area contributed by atoms with Crippen LogP contribution in [-0.2, 0) is 10.0 Å². The van der Waals surface area contributed by atoms with E-state index >= 15 is 0 Å². The van der Waals surface area contributed by atoms with Crippen molar-refractivity contribution in [3.63, 3.8) is 0 Å². The quantitative estimate of drug-likeness (QED) is 0.589. The number of piperazine rings is 1. The van der Waals surface area contributed by atoms with E-state index in [9.17, 15) is 17.6 Å². The second-order valence-corrected chi connectivity index (χ2v) is 9.43. The van der Waals surface area contributed by atoms with Gasteiger partial charge in [0.15, 0.2) is 0 Å². The van der Waals surface area contributed by atoms with Crippen molar-refractivity contribution in [2.45, 2.75) is 0 Å². The van der Waals surface area contributed by atoms with Crippen LogP contribution >= 0.6 is 0 Å². The third-order valence-electron chi connectivity index (χ3n) is 5.16. The predicted octanol–water partition coefficient (Wildman–Crippen LogP) is 3.40. The molecular formula is C23H22FN3O4S. The summed E-state index contributed by atoms with van der Waals surface area (Å²) in [6.07, 6.45) is 1.17. The molecule has 32 heavy (non-hydrogen) atoms. The van der Waals surface area contributed by atoms with E-state index in [4.69, 9.17) is 4.74 Å². The van der Waals surface area contributed by atoms with Crippen LogP contribution in [0.25, 0.3) is 11.3 Å². The Morgan fingerprint density at radius 1 is 0.906 bits per heavy atom. The minimum atomic E-state index is -3.26. The Balaban J connectivity index is 1.44. The average Bonchev–Trinajstić information content (AvgIpc) is 2.80. The Morgan fingerprint density at radius 2 is 1.50 bits per heavy atom. The van der Waals surface area contributed by atoms with Crippen LogP contribution in [0, 0.1) is 5.82 Å². The molecular weight excluding hydrogens is 433 g/mol. The first kappa shape index (κ1) is 21.9. The fourth-order valence-corrected chi connectivity index (χ4v) is 4.26. The van der Waals surface area contributed by atoms with Crippen molar-refractivity contribution < 1.29 is 22.3 Å². The highest BCUT2D eigenvalue weighted by atomic mass is 32.2. The van der Waals surface area contributed by atoms with Crippen LogP contribution in [0.15, 0.2) is 66.7 Å². The van der Waals surface area contributed by atoms with Gasteiger partial charge in [-0.2, -0.15) is 4.31 Å². The summed E-state index contributed by atoms with van der Waals surface area (Å²) < 4.78 is 43.4. The summed E-state index contributed by atoms with van der Waals surface area (Å²) >= 11 is 0. The van der Waals surface area contributed by atoms with Crippen LogP contribution in [0.4, 0.5) is 4.39 Å². The summed E-state index contributed by atoms with van der Waals surface area (Å²) in [5.74, 6) is 0.568. The van der Waals surface area contributed by atoms with Crippen molar-refractivity contribution in [1.29, 1.82) is 0 Å². The van der Waals surface area contributed by atoms with Gasteiger partial charge in [0.2, 0.25) is 10.0 Å². The maximum Gasteiger partial charge on any atom is 0.272 e. The van der Waals surface area contributed by atoms with Gasteiger partial charge in [-0.3, -0.25) is 4.79 Å². The summed E-state index contributed by atoms with van der Waals surface area (Å²) in [5, 5.41) is 0. The minimum absolute atomic E-state index is 0.226. The van der Waals surface area contributed by atoms with E-state index in [1.807, 2.05) is 18.2 Å². The van der Waals surface area contributed by atoms with Crippen molar-refractivity contribution in [2.75, 3.05) is 32.4 Å². The molecule has 1 aliphatic rings. The zero-order valence-electron chi connectivity index (χ0n) is 17.4. The Bertz CT molecular complexity index is 1210. The molecule has 1 aliphatic heterocycles. The van der Waals surface area contributed by atoms with Gasteiger partial charge in [0.1, 0.15) is 23.0 Å². The molecule has 4 rings (SSSR count). The van der Waals surface area contributed by atoms with E-state index in [1.54, 1.807) is 41.3 Å². The van der Waals surface area contributed by atoms with Gasteiger partial charge in [0.05, 0.1) is 11.9 Å². The van der Waals surface area contributed by atoms with Crippen LogP contribution in [0.3, 0.4) is 0 Å². The maximum absolute atomic E-state index is 13.0. The summed E-state index contributed by atoms with van der Waals surface area (Å²) in [7, 11) is -3.26. The Morgan fingerprint density at radius 3 is 2.09 bits per heavy atom. The van der Waals surface area contributed by atoms with Gasteiger partial charge in [-0.1, -0.05) is 6.07 Å². The molecule has 0 spiro atoms. The number of amides is 1. The summed E-state index contributed by atoms with van der Waals surface area (Å²) in [6, 6.07) is 18.2. The van der Waals surface area contributed by atoms with Gasteiger partial charge in [0, 0.05) is 31.7 Å².